The lowest BCUT2D eigenvalue weighted by molar-refractivity contribution is -0.0310. The molecule has 0 saturated heterocycles. The number of benzene rings is 1. The lowest BCUT2D eigenvalue weighted by Crippen LogP contribution is -2.45. The van der Waals surface area contributed by atoms with Crippen molar-refractivity contribution in [3.8, 4) is 0 Å². The Bertz CT molecular complexity index is 308. The maximum atomic E-state index is 6.18. The van der Waals surface area contributed by atoms with Crippen LogP contribution in [0.25, 0.3) is 0 Å². The van der Waals surface area contributed by atoms with Crippen LogP contribution >= 0.6 is 0 Å². The van der Waals surface area contributed by atoms with Crippen LogP contribution in [0, 0.1) is 0 Å². The summed E-state index contributed by atoms with van der Waals surface area (Å²) in [5.74, 6) is 0. The van der Waals surface area contributed by atoms with Crippen LogP contribution in [0.5, 0.6) is 0 Å². The Kier molecular flexibility index (Phi) is 5.66. The van der Waals surface area contributed by atoms with Crippen LogP contribution in [0.3, 0.4) is 0 Å². The summed E-state index contributed by atoms with van der Waals surface area (Å²) in [5, 5.41) is 0. The van der Waals surface area contributed by atoms with Crippen molar-refractivity contribution < 1.29 is 4.74 Å². The molecule has 1 rings (SSSR count). The maximum Gasteiger partial charge on any atom is 0.0776 e. The largest absolute Gasteiger partial charge is 0.374 e. The van der Waals surface area contributed by atoms with E-state index in [9.17, 15) is 0 Å². The van der Waals surface area contributed by atoms with E-state index in [4.69, 9.17) is 10.5 Å². The van der Waals surface area contributed by atoms with Gasteiger partial charge in [-0.05, 0) is 45.6 Å². The van der Waals surface area contributed by atoms with Gasteiger partial charge in [0.05, 0.1) is 5.60 Å². The molecule has 1 atom stereocenters. The summed E-state index contributed by atoms with van der Waals surface area (Å²) in [6.45, 7) is 6.88. The topological polar surface area (TPSA) is 35.2 Å². The predicted molar refractivity (Wildman–Crippen MR) is 73.1 cm³/mol. The van der Waals surface area contributed by atoms with Gasteiger partial charge in [-0.15, -0.1) is 0 Å². The van der Waals surface area contributed by atoms with E-state index < -0.39 is 0 Å². The highest BCUT2D eigenvalue weighted by molar-refractivity contribution is 5.14. The van der Waals surface area contributed by atoms with Gasteiger partial charge in [-0.3, -0.25) is 0 Å². The number of aryl methyl sites for hydroxylation is 1. The van der Waals surface area contributed by atoms with Crippen LogP contribution in [-0.4, -0.2) is 18.2 Å². The predicted octanol–water partition coefficient (Wildman–Crippen LogP) is 3.15. The second kappa shape index (κ2) is 6.77. The third-order valence-corrected chi connectivity index (χ3v) is 3.23. The Labute approximate surface area is 105 Å². The van der Waals surface area contributed by atoms with Crippen molar-refractivity contribution in [3.63, 3.8) is 0 Å². The molecule has 2 nitrogen and oxygen atoms in total. The summed E-state index contributed by atoms with van der Waals surface area (Å²) >= 11 is 0. The van der Waals surface area contributed by atoms with E-state index in [2.05, 4.69) is 38.1 Å². The molecule has 0 aliphatic carbocycles. The minimum absolute atomic E-state index is 0.103. The standard InChI is InChI=1S/C15H25NO/c1-4-17-15(2,3)14(16)12-8-11-13-9-6-5-7-10-13/h5-7,9-10,14H,4,8,11-12,16H2,1-3H3. The highest BCUT2D eigenvalue weighted by atomic mass is 16.5. The van der Waals surface area contributed by atoms with E-state index in [-0.39, 0.29) is 11.6 Å². The Morgan fingerprint density at radius 1 is 1.24 bits per heavy atom. The summed E-state index contributed by atoms with van der Waals surface area (Å²) in [5.41, 5.74) is 7.34. The van der Waals surface area contributed by atoms with Crippen LogP contribution in [0.15, 0.2) is 30.3 Å². The molecule has 0 radical (unpaired) electrons. The Balaban J connectivity index is 2.31. The molecule has 0 heterocycles. The lowest BCUT2D eigenvalue weighted by Gasteiger charge is -2.31. The van der Waals surface area contributed by atoms with Gasteiger partial charge in [0.2, 0.25) is 0 Å². The van der Waals surface area contributed by atoms with Crippen molar-refractivity contribution in [1.29, 1.82) is 0 Å². The quantitative estimate of drug-likeness (QED) is 0.788. The molecule has 0 aliphatic rings. The number of nitrogens with two attached hydrogens (primary N) is 1. The molecule has 1 aromatic rings. The molecular formula is C15H25NO. The van der Waals surface area contributed by atoms with Gasteiger partial charge >= 0.3 is 0 Å². The fourth-order valence-corrected chi connectivity index (χ4v) is 2.00. The zero-order valence-corrected chi connectivity index (χ0v) is 11.3. The molecule has 1 unspecified atom stereocenters. The molecule has 0 fully saturated rings. The van der Waals surface area contributed by atoms with Crippen molar-refractivity contribution in [2.24, 2.45) is 5.73 Å². The van der Waals surface area contributed by atoms with Crippen molar-refractivity contribution in [3.05, 3.63) is 35.9 Å². The first-order valence-electron chi connectivity index (χ1n) is 6.49. The van der Waals surface area contributed by atoms with Gasteiger partial charge in [0.25, 0.3) is 0 Å². The molecular weight excluding hydrogens is 210 g/mol. The van der Waals surface area contributed by atoms with Crippen molar-refractivity contribution in [2.75, 3.05) is 6.61 Å². The minimum Gasteiger partial charge on any atom is -0.374 e. The van der Waals surface area contributed by atoms with Crippen molar-refractivity contribution in [2.45, 2.75) is 51.7 Å². The number of hydrogen-bond acceptors (Lipinski definition) is 2. The SMILES string of the molecule is CCOC(C)(C)C(N)CCCc1ccccc1. The number of ether oxygens (including phenoxy) is 1. The molecule has 1 aromatic carbocycles. The number of hydrogen-bond donors (Lipinski definition) is 1. The highest BCUT2D eigenvalue weighted by Gasteiger charge is 2.25. The van der Waals surface area contributed by atoms with E-state index >= 15 is 0 Å². The molecule has 0 spiro atoms. The first kappa shape index (κ1) is 14.2. The molecule has 2 heteroatoms. The highest BCUT2D eigenvalue weighted by Crippen LogP contribution is 2.18. The fourth-order valence-electron chi connectivity index (χ4n) is 2.00. The zero-order chi connectivity index (χ0) is 12.7. The molecule has 0 bridgehead atoms. The van der Waals surface area contributed by atoms with Crippen molar-refractivity contribution >= 4 is 0 Å². The first-order chi connectivity index (χ1) is 8.06. The summed E-state index contributed by atoms with van der Waals surface area (Å²) in [6, 6.07) is 10.6. The van der Waals surface area contributed by atoms with Gasteiger partial charge in [0.15, 0.2) is 0 Å². The third kappa shape index (κ3) is 4.88. The van der Waals surface area contributed by atoms with Crippen LogP contribution in [-0.2, 0) is 11.2 Å². The van der Waals surface area contributed by atoms with Crippen LogP contribution in [0.1, 0.15) is 39.2 Å². The van der Waals surface area contributed by atoms with Crippen LogP contribution in [0.2, 0.25) is 0 Å². The third-order valence-electron chi connectivity index (χ3n) is 3.23. The summed E-state index contributed by atoms with van der Waals surface area (Å²) in [6.07, 6.45) is 3.21. The van der Waals surface area contributed by atoms with E-state index in [1.807, 2.05) is 13.0 Å². The monoisotopic (exact) mass is 235 g/mol. The smallest absolute Gasteiger partial charge is 0.0776 e. The minimum atomic E-state index is -0.217. The average molecular weight is 235 g/mol. The Morgan fingerprint density at radius 2 is 1.88 bits per heavy atom. The van der Waals surface area contributed by atoms with Gasteiger partial charge in [0, 0.05) is 12.6 Å². The average Bonchev–Trinajstić information content (AvgIpc) is 2.30. The Hall–Kier alpha value is -0.860. The molecule has 0 saturated carbocycles. The van der Waals surface area contributed by atoms with E-state index in [1.165, 1.54) is 5.56 Å². The first-order valence-corrected chi connectivity index (χ1v) is 6.49. The maximum absolute atomic E-state index is 6.18. The number of rotatable bonds is 7. The molecule has 0 amide bonds. The van der Waals surface area contributed by atoms with Gasteiger partial charge in [-0.1, -0.05) is 30.3 Å². The second-order valence-electron chi connectivity index (χ2n) is 5.02. The van der Waals surface area contributed by atoms with Gasteiger partial charge < -0.3 is 10.5 Å². The van der Waals surface area contributed by atoms with Crippen molar-refractivity contribution in [1.82, 2.24) is 0 Å². The van der Waals surface area contributed by atoms with E-state index in [0.29, 0.717) is 0 Å². The summed E-state index contributed by atoms with van der Waals surface area (Å²) in [7, 11) is 0. The Morgan fingerprint density at radius 3 is 2.47 bits per heavy atom. The van der Waals surface area contributed by atoms with E-state index in [0.717, 1.165) is 25.9 Å². The summed E-state index contributed by atoms with van der Waals surface area (Å²) in [4.78, 5) is 0. The normalized spacial score (nSPS) is 13.6. The molecule has 17 heavy (non-hydrogen) atoms. The zero-order valence-electron chi connectivity index (χ0n) is 11.3. The molecule has 96 valence electrons. The van der Waals surface area contributed by atoms with Crippen LogP contribution in [0.4, 0.5) is 0 Å². The summed E-state index contributed by atoms with van der Waals surface area (Å²) < 4.78 is 5.67. The molecule has 0 aliphatic heterocycles. The van der Waals surface area contributed by atoms with Gasteiger partial charge in [-0.25, -0.2) is 0 Å². The van der Waals surface area contributed by atoms with Crippen LogP contribution < -0.4 is 5.73 Å². The second-order valence-corrected chi connectivity index (χ2v) is 5.02. The van der Waals surface area contributed by atoms with Gasteiger partial charge in [-0.2, -0.15) is 0 Å². The molecule has 0 aromatic heterocycles. The lowest BCUT2D eigenvalue weighted by atomic mass is 9.93. The molecule has 2 N–H and O–H groups in total. The fraction of sp³-hybridized carbons (Fsp3) is 0.600. The van der Waals surface area contributed by atoms with E-state index in [1.54, 1.807) is 0 Å². The van der Waals surface area contributed by atoms with Gasteiger partial charge in [0.1, 0.15) is 0 Å².